The van der Waals surface area contributed by atoms with Crippen LogP contribution < -0.4 is 10.1 Å². The molecule has 0 saturated heterocycles. The second kappa shape index (κ2) is 6.19. The maximum absolute atomic E-state index is 14.1. The molecule has 6 heteroatoms. The van der Waals surface area contributed by atoms with E-state index in [-0.39, 0.29) is 5.88 Å². The summed E-state index contributed by atoms with van der Waals surface area (Å²) < 4.78 is 19.4. The van der Waals surface area contributed by atoms with Crippen LogP contribution in [0.15, 0.2) is 30.5 Å². The Bertz CT molecular complexity index is 593. The average Bonchev–Trinajstić information content (AvgIpc) is 2.37. The van der Waals surface area contributed by atoms with E-state index < -0.39 is 5.82 Å². The zero-order valence-corrected chi connectivity index (χ0v) is 11.6. The lowest BCUT2D eigenvalue weighted by molar-refractivity contribution is 0.418. The monoisotopic (exact) mass is 300 g/mol. The highest BCUT2D eigenvalue weighted by molar-refractivity contribution is 6.35. The van der Waals surface area contributed by atoms with Gasteiger partial charge < -0.3 is 10.1 Å². The number of hydrogen-bond acceptors (Lipinski definition) is 3. The summed E-state index contributed by atoms with van der Waals surface area (Å²) in [4.78, 5) is 3.86. The van der Waals surface area contributed by atoms with Gasteiger partial charge >= 0.3 is 0 Å². The van der Waals surface area contributed by atoms with Crippen molar-refractivity contribution in [2.24, 2.45) is 0 Å². The first-order chi connectivity index (χ1) is 9.11. The first-order valence-electron chi connectivity index (χ1n) is 5.52. The summed E-state index contributed by atoms with van der Waals surface area (Å²) in [6.45, 7) is 0.388. The number of nitrogens with one attached hydrogen (secondary N) is 1. The standard InChI is InChI=1S/C13H11Cl2FN2O/c1-17-7-8-4-5-18-13(12(8)16)19-11-3-2-9(14)6-10(11)15/h2-6,17H,7H2,1H3. The Balaban J connectivity index is 2.30. The Morgan fingerprint density at radius 3 is 2.79 bits per heavy atom. The van der Waals surface area contributed by atoms with Crippen LogP contribution in [0, 0.1) is 5.82 Å². The van der Waals surface area contributed by atoms with Crippen LogP contribution >= 0.6 is 23.2 Å². The molecule has 1 N–H and O–H groups in total. The van der Waals surface area contributed by atoms with Gasteiger partial charge in [0.2, 0.25) is 0 Å². The molecule has 0 unspecified atom stereocenters. The highest BCUT2D eigenvalue weighted by atomic mass is 35.5. The number of ether oxygens (including phenoxy) is 1. The number of halogens is 3. The molecular formula is C13H11Cl2FN2O. The van der Waals surface area contributed by atoms with Crippen molar-refractivity contribution in [1.82, 2.24) is 10.3 Å². The first-order valence-corrected chi connectivity index (χ1v) is 6.28. The lowest BCUT2D eigenvalue weighted by Crippen LogP contribution is -2.08. The fraction of sp³-hybridized carbons (Fsp3) is 0.154. The fourth-order valence-electron chi connectivity index (χ4n) is 1.52. The van der Waals surface area contributed by atoms with E-state index in [0.29, 0.717) is 27.9 Å². The molecule has 19 heavy (non-hydrogen) atoms. The molecule has 0 bridgehead atoms. The second-order valence-electron chi connectivity index (χ2n) is 3.80. The molecule has 0 spiro atoms. The fourth-order valence-corrected chi connectivity index (χ4v) is 1.97. The van der Waals surface area contributed by atoms with Gasteiger partial charge in [0.05, 0.1) is 5.02 Å². The maximum atomic E-state index is 14.1. The number of aromatic nitrogens is 1. The van der Waals surface area contributed by atoms with Gasteiger partial charge in [0.25, 0.3) is 5.88 Å². The van der Waals surface area contributed by atoms with Crippen LogP contribution in [0.3, 0.4) is 0 Å². The molecule has 1 aromatic carbocycles. The third-order valence-electron chi connectivity index (χ3n) is 2.40. The van der Waals surface area contributed by atoms with Crippen molar-refractivity contribution < 1.29 is 9.13 Å². The molecule has 100 valence electrons. The Kier molecular flexibility index (Phi) is 4.58. The van der Waals surface area contributed by atoms with Gasteiger partial charge in [0.1, 0.15) is 5.75 Å². The summed E-state index contributed by atoms with van der Waals surface area (Å²) in [7, 11) is 1.73. The van der Waals surface area contributed by atoms with Gasteiger partial charge in [-0.05, 0) is 31.3 Å². The number of benzene rings is 1. The molecule has 0 fully saturated rings. The van der Waals surface area contributed by atoms with Gasteiger partial charge in [-0.15, -0.1) is 0 Å². The highest BCUT2D eigenvalue weighted by Gasteiger charge is 2.13. The van der Waals surface area contributed by atoms with E-state index in [4.69, 9.17) is 27.9 Å². The van der Waals surface area contributed by atoms with Crippen LogP contribution in [-0.2, 0) is 6.54 Å². The van der Waals surface area contributed by atoms with Crippen LogP contribution in [0.4, 0.5) is 4.39 Å². The van der Waals surface area contributed by atoms with Crippen LogP contribution in [0.5, 0.6) is 11.6 Å². The van der Waals surface area contributed by atoms with E-state index in [1.54, 1.807) is 25.2 Å². The minimum absolute atomic E-state index is 0.114. The lowest BCUT2D eigenvalue weighted by Gasteiger charge is -2.09. The summed E-state index contributed by atoms with van der Waals surface area (Å²) in [5.74, 6) is -0.320. The van der Waals surface area contributed by atoms with Crippen LogP contribution in [0.25, 0.3) is 0 Å². The molecule has 0 aliphatic heterocycles. The minimum atomic E-state index is -0.511. The number of hydrogen-bond donors (Lipinski definition) is 1. The molecule has 0 saturated carbocycles. The minimum Gasteiger partial charge on any atom is -0.435 e. The van der Waals surface area contributed by atoms with Crippen molar-refractivity contribution in [1.29, 1.82) is 0 Å². The maximum Gasteiger partial charge on any atom is 0.256 e. The Morgan fingerprint density at radius 1 is 1.32 bits per heavy atom. The van der Waals surface area contributed by atoms with E-state index in [9.17, 15) is 4.39 Å². The normalized spacial score (nSPS) is 10.5. The molecule has 2 rings (SSSR count). The van der Waals surface area contributed by atoms with E-state index in [1.165, 1.54) is 12.3 Å². The summed E-state index contributed by atoms with van der Waals surface area (Å²) in [6.07, 6.45) is 1.48. The van der Waals surface area contributed by atoms with Crippen molar-refractivity contribution >= 4 is 23.2 Å². The van der Waals surface area contributed by atoms with Gasteiger partial charge in [-0.25, -0.2) is 9.37 Å². The van der Waals surface area contributed by atoms with Crippen LogP contribution in [-0.4, -0.2) is 12.0 Å². The molecule has 1 heterocycles. The van der Waals surface area contributed by atoms with Crippen molar-refractivity contribution in [3.8, 4) is 11.6 Å². The highest BCUT2D eigenvalue weighted by Crippen LogP contribution is 2.32. The molecule has 0 amide bonds. The number of nitrogens with zero attached hydrogens (tertiary/aromatic N) is 1. The van der Waals surface area contributed by atoms with Gasteiger partial charge in [-0.2, -0.15) is 0 Å². The quantitative estimate of drug-likeness (QED) is 0.925. The summed E-state index contributed by atoms with van der Waals surface area (Å²) in [5, 5.41) is 3.65. The van der Waals surface area contributed by atoms with E-state index in [0.717, 1.165) is 0 Å². The predicted molar refractivity (Wildman–Crippen MR) is 73.5 cm³/mol. The molecule has 0 aliphatic carbocycles. The van der Waals surface area contributed by atoms with E-state index in [1.807, 2.05) is 0 Å². The zero-order chi connectivity index (χ0) is 13.8. The molecule has 1 aromatic heterocycles. The summed E-state index contributed by atoms with van der Waals surface area (Å²) in [5.41, 5.74) is 0.470. The largest absolute Gasteiger partial charge is 0.435 e. The topological polar surface area (TPSA) is 34.2 Å². The third kappa shape index (κ3) is 3.35. The first kappa shape index (κ1) is 14.1. The van der Waals surface area contributed by atoms with Crippen molar-refractivity contribution in [3.05, 3.63) is 51.9 Å². The molecule has 0 radical (unpaired) electrons. The van der Waals surface area contributed by atoms with E-state index >= 15 is 0 Å². The SMILES string of the molecule is CNCc1ccnc(Oc2ccc(Cl)cc2Cl)c1F. The van der Waals surface area contributed by atoms with Crippen LogP contribution in [0.2, 0.25) is 10.0 Å². The molecule has 2 aromatic rings. The number of rotatable bonds is 4. The summed E-state index contributed by atoms with van der Waals surface area (Å²) >= 11 is 11.7. The molecule has 3 nitrogen and oxygen atoms in total. The van der Waals surface area contributed by atoms with Crippen molar-refractivity contribution in [2.75, 3.05) is 7.05 Å². The van der Waals surface area contributed by atoms with Gasteiger partial charge in [0.15, 0.2) is 5.82 Å². The van der Waals surface area contributed by atoms with Crippen LogP contribution in [0.1, 0.15) is 5.56 Å². The average molecular weight is 301 g/mol. The van der Waals surface area contributed by atoms with Gasteiger partial charge in [-0.1, -0.05) is 23.2 Å². The zero-order valence-electron chi connectivity index (χ0n) is 10.1. The number of pyridine rings is 1. The summed E-state index contributed by atoms with van der Waals surface area (Å²) in [6, 6.07) is 6.28. The van der Waals surface area contributed by atoms with Crippen molar-refractivity contribution in [2.45, 2.75) is 6.54 Å². The molecule has 0 aliphatic rings. The lowest BCUT2D eigenvalue weighted by atomic mass is 10.2. The third-order valence-corrected chi connectivity index (χ3v) is 2.94. The van der Waals surface area contributed by atoms with E-state index in [2.05, 4.69) is 10.3 Å². The van der Waals surface area contributed by atoms with Gasteiger partial charge in [-0.3, -0.25) is 0 Å². The Hall–Kier alpha value is -1.36. The Morgan fingerprint density at radius 2 is 2.11 bits per heavy atom. The Labute approximate surface area is 120 Å². The molecular weight excluding hydrogens is 290 g/mol. The van der Waals surface area contributed by atoms with Gasteiger partial charge in [0, 0.05) is 23.3 Å². The smallest absolute Gasteiger partial charge is 0.256 e. The second-order valence-corrected chi connectivity index (χ2v) is 4.64. The van der Waals surface area contributed by atoms with Crippen molar-refractivity contribution in [3.63, 3.8) is 0 Å². The predicted octanol–water partition coefficient (Wildman–Crippen LogP) is 4.04. The molecule has 0 atom stereocenters.